The molecule has 1 fully saturated rings. The standard InChI is InChI=1S/C48H77N11O11/c1-7-8-10-36-54-43-44(48(70-32(4)5)57-56-45(43)49)59(36)30-35-15-13-34(14-16-35)29-52-46(65)33(6)53-47(66)42(31(2)3)55-39(62)12-9-11-37(60)50-20-23-67-25-27-69-28-26-68-24-21-51-38(61)19-22-58-40(63)17-18-41(58)64/h17-18,31-35,42H,7-16,19-30H2,1-6H3,(H2,49,56)(H,50,60)(H,51,61)(H,52,65)(H,53,66)(H,55,62)/t33-,34-,35-,42-/m0/s1. The number of unbranched alkanes of at least 4 members (excludes halogenated alkanes) is 1. The molecule has 0 spiro atoms. The van der Waals surface area contributed by atoms with Crippen LogP contribution >= 0.6 is 0 Å². The Morgan fingerprint density at radius 1 is 0.729 bits per heavy atom. The number of nitrogens with two attached hydrogens (primary N) is 1. The number of fused-ring (bicyclic) bond motifs is 1. The van der Waals surface area contributed by atoms with Crippen LogP contribution in [0, 0.1) is 17.8 Å². The van der Waals surface area contributed by atoms with E-state index in [0.717, 1.165) is 67.7 Å². The third-order valence-electron chi connectivity index (χ3n) is 12.0. The van der Waals surface area contributed by atoms with Crippen LogP contribution in [0.15, 0.2) is 12.2 Å². The molecule has 2 aliphatic rings. The molecule has 1 aliphatic heterocycles. The zero-order valence-electron chi connectivity index (χ0n) is 42.0. The molecule has 2 atom stereocenters. The highest BCUT2D eigenvalue weighted by Gasteiger charge is 2.30. The van der Waals surface area contributed by atoms with Gasteiger partial charge in [0.25, 0.3) is 17.7 Å². The van der Waals surface area contributed by atoms with E-state index in [1.165, 1.54) is 12.2 Å². The summed E-state index contributed by atoms with van der Waals surface area (Å²) in [5.41, 5.74) is 7.66. The first kappa shape index (κ1) is 56.8. The van der Waals surface area contributed by atoms with Crippen LogP contribution in [-0.4, -0.2) is 150 Å². The molecule has 0 radical (unpaired) electrons. The number of carbonyl (C=O) groups is 7. The molecule has 2 aromatic rings. The predicted octanol–water partition coefficient (Wildman–Crippen LogP) is 1.87. The Balaban J connectivity index is 1.02. The summed E-state index contributed by atoms with van der Waals surface area (Å²) in [6.07, 6.45) is 9.44. The van der Waals surface area contributed by atoms with Gasteiger partial charge in [0, 0.05) is 70.6 Å². The molecule has 1 saturated carbocycles. The largest absolute Gasteiger partial charge is 0.472 e. The normalized spacial score (nSPS) is 16.7. The Kier molecular flexibility index (Phi) is 24.4. The van der Waals surface area contributed by atoms with Crippen molar-refractivity contribution in [2.24, 2.45) is 17.8 Å². The number of nitrogen functional groups attached to an aromatic ring is 1. The summed E-state index contributed by atoms with van der Waals surface area (Å²) in [4.78, 5) is 92.4. The summed E-state index contributed by atoms with van der Waals surface area (Å²) in [5.74, 6) is -0.317. The topological polar surface area (TPSA) is 289 Å². The van der Waals surface area contributed by atoms with Crippen molar-refractivity contribution < 1.29 is 52.5 Å². The SMILES string of the molecule is CCCCc1nc2c(N)nnc(OC(C)C)c2n1C[C@H]1CC[C@H](CNC(=O)[C@H](C)NC(=O)[C@@H](NC(=O)CCCC(=O)NCCOCCOCCOCCNC(=O)CCN2C(=O)C=CC2=O)C(C)C)CC1. The highest BCUT2D eigenvalue weighted by Crippen LogP contribution is 2.34. The first-order valence-electron chi connectivity index (χ1n) is 24.9. The van der Waals surface area contributed by atoms with E-state index in [1.807, 2.05) is 27.7 Å². The molecule has 7 N–H and O–H groups in total. The second kappa shape index (κ2) is 30.1. The van der Waals surface area contributed by atoms with Crippen molar-refractivity contribution in [3.8, 4) is 5.88 Å². The van der Waals surface area contributed by atoms with Crippen molar-refractivity contribution in [2.45, 2.75) is 137 Å². The van der Waals surface area contributed by atoms with E-state index >= 15 is 0 Å². The molecule has 22 nitrogen and oxygen atoms in total. The van der Waals surface area contributed by atoms with Gasteiger partial charge in [-0.2, -0.15) is 0 Å². The third kappa shape index (κ3) is 19.2. The van der Waals surface area contributed by atoms with Crippen LogP contribution < -0.4 is 37.1 Å². The highest BCUT2D eigenvalue weighted by molar-refractivity contribution is 6.13. The van der Waals surface area contributed by atoms with E-state index in [-0.39, 0.29) is 94.2 Å². The number of imide groups is 1. The molecular weight excluding hydrogens is 907 g/mol. The van der Waals surface area contributed by atoms with Crippen LogP contribution in [0.5, 0.6) is 5.88 Å². The molecule has 0 saturated heterocycles. The molecule has 3 heterocycles. The van der Waals surface area contributed by atoms with Gasteiger partial charge >= 0.3 is 0 Å². The number of nitrogens with one attached hydrogen (secondary N) is 5. The van der Waals surface area contributed by atoms with Crippen LogP contribution in [0.4, 0.5) is 5.82 Å². The van der Waals surface area contributed by atoms with Crippen LogP contribution in [-0.2, 0) is 60.7 Å². The quantitative estimate of drug-likeness (QED) is 0.0440. The summed E-state index contributed by atoms with van der Waals surface area (Å²) in [5, 5.41) is 22.4. The maximum Gasteiger partial charge on any atom is 0.260 e. The van der Waals surface area contributed by atoms with Crippen LogP contribution in [0.2, 0.25) is 0 Å². The summed E-state index contributed by atoms with van der Waals surface area (Å²) in [7, 11) is 0. The van der Waals surface area contributed by atoms with Gasteiger partial charge in [-0.3, -0.25) is 38.5 Å². The highest BCUT2D eigenvalue weighted by atomic mass is 16.5. The fourth-order valence-corrected chi connectivity index (χ4v) is 8.06. The van der Waals surface area contributed by atoms with E-state index < -0.39 is 29.8 Å². The third-order valence-corrected chi connectivity index (χ3v) is 12.0. The number of amides is 7. The lowest BCUT2D eigenvalue weighted by Crippen LogP contribution is -2.54. The molecular formula is C48H77N11O11. The van der Waals surface area contributed by atoms with Crippen molar-refractivity contribution in [3.63, 3.8) is 0 Å². The Bertz CT molecular complexity index is 2050. The minimum atomic E-state index is -0.856. The smallest absolute Gasteiger partial charge is 0.260 e. The van der Waals surface area contributed by atoms with E-state index in [2.05, 4.69) is 48.3 Å². The van der Waals surface area contributed by atoms with Gasteiger partial charge in [-0.1, -0.05) is 27.2 Å². The molecule has 1 aliphatic carbocycles. The Labute approximate surface area is 411 Å². The van der Waals surface area contributed by atoms with Gasteiger partial charge in [-0.05, 0) is 77.0 Å². The van der Waals surface area contributed by atoms with Gasteiger partial charge in [0.05, 0.1) is 45.7 Å². The maximum atomic E-state index is 13.3. The predicted molar refractivity (Wildman–Crippen MR) is 260 cm³/mol. The summed E-state index contributed by atoms with van der Waals surface area (Å²) >= 11 is 0. The molecule has 0 unspecified atom stereocenters. The van der Waals surface area contributed by atoms with Gasteiger partial charge in [0.1, 0.15) is 28.9 Å². The molecule has 4 rings (SSSR count). The first-order chi connectivity index (χ1) is 33.6. The van der Waals surface area contributed by atoms with Crippen molar-refractivity contribution in [1.29, 1.82) is 0 Å². The zero-order chi connectivity index (χ0) is 51.0. The van der Waals surface area contributed by atoms with Gasteiger partial charge < -0.3 is 55.8 Å². The van der Waals surface area contributed by atoms with Crippen molar-refractivity contribution in [3.05, 3.63) is 18.0 Å². The van der Waals surface area contributed by atoms with Crippen LogP contribution in [0.1, 0.15) is 112 Å². The number of ether oxygens (including phenoxy) is 4. The minimum Gasteiger partial charge on any atom is -0.472 e. The molecule has 70 heavy (non-hydrogen) atoms. The monoisotopic (exact) mass is 984 g/mol. The summed E-state index contributed by atoms with van der Waals surface area (Å²) in [6, 6.07) is -1.67. The van der Waals surface area contributed by atoms with Crippen molar-refractivity contribution >= 4 is 58.2 Å². The van der Waals surface area contributed by atoms with Crippen molar-refractivity contribution in [1.82, 2.24) is 51.2 Å². The lowest BCUT2D eigenvalue weighted by molar-refractivity contribution is -0.137. The number of nitrogens with zero attached hydrogens (tertiary/aromatic N) is 5. The Hall–Kier alpha value is -5.74. The summed E-state index contributed by atoms with van der Waals surface area (Å²) in [6.45, 7) is 15.0. The van der Waals surface area contributed by atoms with Gasteiger partial charge in [-0.25, -0.2) is 4.98 Å². The van der Waals surface area contributed by atoms with Crippen LogP contribution in [0.3, 0.4) is 0 Å². The molecule has 7 amide bonds. The lowest BCUT2D eigenvalue weighted by Gasteiger charge is -2.30. The number of hydrogen-bond donors (Lipinski definition) is 6. The minimum absolute atomic E-state index is 0.0159. The average Bonchev–Trinajstić information content (AvgIpc) is 3.85. The van der Waals surface area contributed by atoms with Crippen LogP contribution in [0.25, 0.3) is 11.0 Å². The zero-order valence-corrected chi connectivity index (χ0v) is 42.0. The average molecular weight is 984 g/mol. The number of anilines is 1. The number of hydrogen-bond acceptors (Lipinski definition) is 15. The maximum absolute atomic E-state index is 13.3. The van der Waals surface area contributed by atoms with Gasteiger partial charge in [0.15, 0.2) is 5.82 Å². The molecule has 0 aromatic carbocycles. The number of rotatable bonds is 33. The number of aryl methyl sites for hydroxylation is 1. The number of imidazole rings is 1. The Morgan fingerprint density at radius 2 is 1.31 bits per heavy atom. The molecule has 390 valence electrons. The van der Waals surface area contributed by atoms with Gasteiger partial charge in [-0.15, -0.1) is 10.2 Å². The number of aromatic nitrogens is 4. The van der Waals surface area contributed by atoms with E-state index in [4.69, 9.17) is 29.7 Å². The summed E-state index contributed by atoms with van der Waals surface area (Å²) < 4.78 is 24.6. The second-order valence-electron chi connectivity index (χ2n) is 18.4. The first-order valence-corrected chi connectivity index (χ1v) is 24.9. The molecule has 22 heteroatoms. The Morgan fingerprint density at radius 3 is 1.91 bits per heavy atom. The van der Waals surface area contributed by atoms with E-state index in [0.29, 0.717) is 62.0 Å². The van der Waals surface area contributed by atoms with Gasteiger partial charge in [0.2, 0.25) is 29.5 Å². The fourth-order valence-electron chi connectivity index (χ4n) is 8.06. The van der Waals surface area contributed by atoms with E-state index in [9.17, 15) is 33.6 Å². The lowest BCUT2D eigenvalue weighted by atomic mass is 9.82. The van der Waals surface area contributed by atoms with E-state index in [1.54, 1.807) is 6.92 Å². The molecule has 2 aromatic heterocycles. The fraction of sp³-hybridized carbons (Fsp3) is 0.708. The van der Waals surface area contributed by atoms with Crippen molar-refractivity contribution in [2.75, 3.05) is 71.6 Å². The second-order valence-corrected chi connectivity index (χ2v) is 18.4. The number of carbonyl (C=O) groups excluding carboxylic acids is 7. The molecule has 0 bridgehead atoms.